The van der Waals surface area contributed by atoms with Crippen LogP contribution in [0.5, 0.6) is 0 Å². The maximum absolute atomic E-state index is 11.2. The van der Waals surface area contributed by atoms with Crippen LogP contribution in [0.25, 0.3) is 0 Å². The van der Waals surface area contributed by atoms with E-state index in [0.29, 0.717) is 5.69 Å². The highest BCUT2D eigenvalue weighted by Crippen LogP contribution is 2.03. The normalized spacial score (nSPS) is 12.1. The topological polar surface area (TPSA) is 52.1 Å². The lowest BCUT2D eigenvalue weighted by Crippen LogP contribution is -2.14. The second kappa shape index (κ2) is 3.94. The molecular formula is C10H14N2O. The maximum Gasteiger partial charge on any atom is 0.182 e. The van der Waals surface area contributed by atoms with Crippen molar-refractivity contribution in [3.8, 4) is 0 Å². The third-order valence-electron chi connectivity index (χ3n) is 1.72. The summed E-state index contributed by atoms with van der Waals surface area (Å²) in [4.78, 5) is 0. The van der Waals surface area contributed by atoms with E-state index in [4.69, 9.17) is 5.73 Å². The van der Waals surface area contributed by atoms with Gasteiger partial charge >= 0.3 is 0 Å². The van der Waals surface area contributed by atoms with Crippen LogP contribution in [0.15, 0.2) is 24.3 Å². The highest BCUT2D eigenvalue weighted by molar-refractivity contribution is 5.76. The van der Waals surface area contributed by atoms with Gasteiger partial charge in [0, 0.05) is 11.3 Å². The zero-order valence-corrected chi connectivity index (χ0v) is 7.90. The summed E-state index contributed by atoms with van der Waals surface area (Å²) in [5, 5.41) is 11.2. The molecule has 0 aliphatic carbocycles. The van der Waals surface area contributed by atoms with Crippen molar-refractivity contribution in [1.82, 2.24) is 0 Å². The van der Waals surface area contributed by atoms with Crippen LogP contribution >= 0.6 is 0 Å². The number of rotatable bonds is 2. The molecule has 0 atom stereocenters. The minimum absolute atomic E-state index is 0.0300. The number of benzene rings is 1. The number of nitrogen functional groups attached to an aromatic ring is 1. The van der Waals surface area contributed by atoms with Crippen LogP contribution in [-0.4, -0.2) is 17.0 Å². The molecule has 13 heavy (non-hydrogen) atoms. The highest BCUT2D eigenvalue weighted by atomic mass is 16.5. The van der Waals surface area contributed by atoms with Crippen LogP contribution in [0.1, 0.15) is 19.4 Å². The van der Waals surface area contributed by atoms with Crippen LogP contribution in [0, 0.1) is 5.21 Å². The molecule has 0 unspecified atom stereocenters. The Kier molecular flexibility index (Phi) is 2.90. The van der Waals surface area contributed by atoms with Gasteiger partial charge < -0.3 is 10.9 Å². The summed E-state index contributed by atoms with van der Waals surface area (Å²) < 4.78 is 0.922. The number of nitrogens with zero attached hydrogens (tertiary/aromatic N) is 1. The average Bonchev–Trinajstić information content (AvgIpc) is 2.08. The molecule has 0 saturated heterocycles. The lowest BCUT2D eigenvalue weighted by Gasteiger charge is -2.06. The molecule has 1 aromatic rings. The van der Waals surface area contributed by atoms with Gasteiger partial charge in [0.1, 0.15) is 0 Å². The van der Waals surface area contributed by atoms with Gasteiger partial charge in [-0.3, -0.25) is 0 Å². The van der Waals surface area contributed by atoms with E-state index in [0.717, 1.165) is 10.3 Å². The largest absolute Gasteiger partial charge is 0.624 e. The zero-order valence-electron chi connectivity index (χ0n) is 7.90. The van der Waals surface area contributed by atoms with Gasteiger partial charge in [-0.25, -0.2) is 4.74 Å². The van der Waals surface area contributed by atoms with Gasteiger partial charge in [0.2, 0.25) is 0 Å². The Bertz CT molecular complexity index is 301. The first-order chi connectivity index (χ1) is 6.09. The molecule has 0 aliphatic heterocycles. The summed E-state index contributed by atoms with van der Waals surface area (Å²) in [5.41, 5.74) is 7.09. The second-order valence-corrected chi connectivity index (χ2v) is 3.25. The van der Waals surface area contributed by atoms with Crippen molar-refractivity contribution in [3.63, 3.8) is 0 Å². The van der Waals surface area contributed by atoms with E-state index in [-0.39, 0.29) is 6.04 Å². The predicted octanol–water partition coefficient (Wildman–Crippen LogP) is 1.61. The first-order valence-corrected chi connectivity index (χ1v) is 4.25. The van der Waals surface area contributed by atoms with Crippen LogP contribution < -0.4 is 5.73 Å². The molecule has 0 saturated carbocycles. The first kappa shape index (κ1) is 9.58. The number of hydroxylamine groups is 1. The number of anilines is 1. The zero-order chi connectivity index (χ0) is 9.84. The summed E-state index contributed by atoms with van der Waals surface area (Å²) in [7, 11) is 0. The molecular weight excluding hydrogens is 164 g/mol. The summed E-state index contributed by atoms with van der Waals surface area (Å²) in [6, 6.07) is 7.17. The van der Waals surface area contributed by atoms with E-state index < -0.39 is 0 Å². The molecule has 0 aliphatic rings. The third kappa shape index (κ3) is 2.78. The van der Waals surface area contributed by atoms with Crippen molar-refractivity contribution in [1.29, 1.82) is 0 Å². The predicted molar refractivity (Wildman–Crippen MR) is 54.8 cm³/mol. The van der Waals surface area contributed by atoms with Crippen molar-refractivity contribution in [2.75, 3.05) is 5.73 Å². The van der Waals surface area contributed by atoms with Crippen LogP contribution in [-0.2, 0) is 0 Å². The summed E-state index contributed by atoms with van der Waals surface area (Å²) in [5.74, 6) is 0. The molecule has 1 aromatic carbocycles. The van der Waals surface area contributed by atoms with E-state index in [2.05, 4.69) is 0 Å². The van der Waals surface area contributed by atoms with Gasteiger partial charge in [0.15, 0.2) is 12.3 Å². The van der Waals surface area contributed by atoms with Crippen molar-refractivity contribution in [2.24, 2.45) is 0 Å². The molecule has 0 spiro atoms. The number of hydrogen-bond donors (Lipinski definition) is 1. The Labute approximate surface area is 78.1 Å². The van der Waals surface area contributed by atoms with E-state index in [9.17, 15) is 5.21 Å². The quantitative estimate of drug-likeness (QED) is 0.246. The Morgan fingerprint density at radius 3 is 2.31 bits per heavy atom. The third-order valence-corrected chi connectivity index (χ3v) is 1.72. The fourth-order valence-corrected chi connectivity index (χ4v) is 0.878. The van der Waals surface area contributed by atoms with Gasteiger partial charge in [0.25, 0.3) is 0 Å². The number of hydrogen-bond acceptors (Lipinski definition) is 2. The van der Waals surface area contributed by atoms with Gasteiger partial charge in [-0.1, -0.05) is 0 Å². The molecule has 2 N–H and O–H groups in total. The standard InChI is InChI=1S/C10H14N2O/c1-8(2)12(13)7-9-3-5-10(11)6-4-9/h3-8H,11H2,1-2H3. The van der Waals surface area contributed by atoms with Gasteiger partial charge in [-0.15, -0.1) is 0 Å². The molecule has 3 nitrogen and oxygen atoms in total. The molecule has 1 rings (SSSR count). The molecule has 0 heterocycles. The molecule has 70 valence electrons. The van der Waals surface area contributed by atoms with E-state index in [1.807, 2.05) is 26.0 Å². The number of nitrogens with two attached hydrogens (primary N) is 1. The van der Waals surface area contributed by atoms with Crippen molar-refractivity contribution in [2.45, 2.75) is 19.9 Å². The lowest BCUT2D eigenvalue weighted by atomic mass is 10.2. The Balaban J connectivity index is 2.85. The van der Waals surface area contributed by atoms with E-state index in [1.54, 1.807) is 18.3 Å². The molecule has 0 bridgehead atoms. The van der Waals surface area contributed by atoms with Gasteiger partial charge in [0.05, 0.1) is 0 Å². The van der Waals surface area contributed by atoms with Gasteiger partial charge in [-0.05, 0) is 38.1 Å². The second-order valence-electron chi connectivity index (χ2n) is 3.25. The summed E-state index contributed by atoms with van der Waals surface area (Å²) in [6.07, 6.45) is 1.56. The van der Waals surface area contributed by atoms with E-state index in [1.165, 1.54) is 0 Å². The van der Waals surface area contributed by atoms with Crippen molar-refractivity contribution < 1.29 is 4.74 Å². The minimum atomic E-state index is -0.0300. The minimum Gasteiger partial charge on any atom is -0.624 e. The fourth-order valence-electron chi connectivity index (χ4n) is 0.878. The highest BCUT2D eigenvalue weighted by Gasteiger charge is 1.99. The molecule has 0 radical (unpaired) electrons. The van der Waals surface area contributed by atoms with Crippen molar-refractivity contribution in [3.05, 3.63) is 35.0 Å². The molecule has 3 heteroatoms. The fraction of sp³-hybridized carbons (Fsp3) is 0.300. The molecule has 0 aromatic heterocycles. The van der Waals surface area contributed by atoms with Gasteiger partial charge in [-0.2, -0.15) is 0 Å². The smallest absolute Gasteiger partial charge is 0.182 e. The SMILES string of the molecule is CC(C)[N+]([O-])=Cc1ccc(N)cc1. The first-order valence-electron chi connectivity index (χ1n) is 4.25. The lowest BCUT2D eigenvalue weighted by molar-refractivity contribution is -0.487. The Morgan fingerprint density at radius 2 is 1.85 bits per heavy atom. The Hall–Kier alpha value is -1.51. The summed E-state index contributed by atoms with van der Waals surface area (Å²) in [6.45, 7) is 3.70. The maximum atomic E-state index is 11.2. The molecule has 0 fully saturated rings. The molecule has 0 amide bonds. The Morgan fingerprint density at radius 1 is 1.31 bits per heavy atom. The monoisotopic (exact) mass is 178 g/mol. The average molecular weight is 178 g/mol. The summed E-state index contributed by atoms with van der Waals surface area (Å²) >= 11 is 0. The van der Waals surface area contributed by atoms with Crippen LogP contribution in [0.3, 0.4) is 0 Å². The van der Waals surface area contributed by atoms with E-state index >= 15 is 0 Å². The van der Waals surface area contributed by atoms with Crippen LogP contribution in [0.2, 0.25) is 0 Å². The van der Waals surface area contributed by atoms with Crippen molar-refractivity contribution >= 4 is 11.9 Å². The van der Waals surface area contributed by atoms with Crippen LogP contribution in [0.4, 0.5) is 5.69 Å².